The van der Waals surface area contributed by atoms with Crippen molar-refractivity contribution < 1.29 is 13.6 Å². The third kappa shape index (κ3) is 3.06. The molecule has 26 heavy (non-hydrogen) atoms. The molecule has 2 N–H and O–H groups in total. The first-order valence-corrected chi connectivity index (χ1v) is 8.93. The standard InChI is InChI=1S/C22H24FNO2/c1-12(2)16-9-10-18-21(19(16)13(3)4)20(17(25)11-24)22(26-18)14-5-7-15(23)8-6-14/h5-10,12-13H,11,24H2,1-4H3. The molecule has 3 rings (SSSR count). The van der Waals surface area contributed by atoms with E-state index < -0.39 is 0 Å². The fourth-order valence-corrected chi connectivity index (χ4v) is 3.53. The highest BCUT2D eigenvalue weighted by atomic mass is 19.1. The molecule has 136 valence electrons. The maximum absolute atomic E-state index is 13.3. The number of halogens is 1. The van der Waals surface area contributed by atoms with Crippen LogP contribution in [0, 0.1) is 5.82 Å². The van der Waals surface area contributed by atoms with E-state index >= 15 is 0 Å². The Morgan fingerprint density at radius 2 is 1.69 bits per heavy atom. The Morgan fingerprint density at radius 3 is 2.23 bits per heavy atom. The summed E-state index contributed by atoms with van der Waals surface area (Å²) >= 11 is 0. The Kier molecular flexibility index (Phi) is 4.97. The van der Waals surface area contributed by atoms with Gasteiger partial charge in [-0.15, -0.1) is 0 Å². The Bertz CT molecular complexity index is 952. The number of furan rings is 1. The summed E-state index contributed by atoms with van der Waals surface area (Å²) in [6.07, 6.45) is 0. The molecule has 0 radical (unpaired) electrons. The van der Waals surface area contributed by atoms with Crippen molar-refractivity contribution in [2.45, 2.75) is 39.5 Å². The lowest BCUT2D eigenvalue weighted by atomic mass is 9.86. The van der Waals surface area contributed by atoms with E-state index in [1.807, 2.05) is 6.07 Å². The summed E-state index contributed by atoms with van der Waals surface area (Å²) in [5.74, 6) is 0.492. The van der Waals surface area contributed by atoms with Crippen LogP contribution in [0.5, 0.6) is 0 Å². The van der Waals surface area contributed by atoms with Crippen molar-refractivity contribution in [3.8, 4) is 11.3 Å². The predicted molar refractivity (Wildman–Crippen MR) is 103 cm³/mol. The van der Waals surface area contributed by atoms with Gasteiger partial charge in [0, 0.05) is 10.9 Å². The topological polar surface area (TPSA) is 56.2 Å². The lowest BCUT2D eigenvalue weighted by Crippen LogP contribution is -2.15. The molecule has 0 aliphatic rings. The molecule has 0 fully saturated rings. The van der Waals surface area contributed by atoms with Gasteiger partial charge in [0.1, 0.15) is 17.2 Å². The summed E-state index contributed by atoms with van der Waals surface area (Å²) in [6, 6.07) is 9.95. The maximum atomic E-state index is 13.3. The van der Waals surface area contributed by atoms with Crippen molar-refractivity contribution >= 4 is 16.8 Å². The van der Waals surface area contributed by atoms with Gasteiger partial charge in [-0.1, -0.05) is 33.8 Å². The number of Topliss-reactive ketones (excluding diaryl/α,β-unsaturated/α-hetero) is 1. The van der Waals surface area contributed by atoms with Gasteiger partial charge in [-0.2, -0.15) is 0 Å². The molecule has 2 aromatic carbocycles. The molecule has 0 saturated heterocycles. The van der Waals surface area contributed by atoms with Gasteiger partial charge in [-0.05, 0) is 53.3 Å². The van der Waals surface area contributed by atoms with E-state index in [2.05, 4.69) is 33.8 Å². The number of rotatable bonds is 5. The average molecular weight is 353 g/mol. The van der Waals surface area contributed by atoms with E-state index in [1.165, 1.54) is 17.7 Å². The molecule has 0 aliphatic heterocycles. The van der Waals surface area contributed by atoms with Crippen molar-refractivity contribution in [2.24, 2.45) is 5.73 Å². The highest BCUT2D eigenvalue weighted by Crippen LogP contribution is 2.41. The second-order valence-electron chi connectivity index (χ2n) is 7.19. The van der Waals surface area contributed by atoms with Crippen molar-refractivity contribution in [1.82, 2.24) is 0 Å². The molecule has 3 aromatic rings. The van der Waals surface area contributed by atoms with Crippen LogP contribution in [0.1, 0.15) is 61.0 Å². The molecule has 0 atom stereocenters. The predicted octanol–water partition coefficient (Wildman–Crippen LogP) is 5.63. The normalized spacial score (nSPS) is 11.7. The fourth-order valence-electron chi connectivity index (χ4n) is 3.53. The Labute approximate surface area is 153 Å². The summed E-state index contributed by atoms with van der Waals surface area (Å²) in [4.78, 5) is 12.7. The monoisotopic (exact) mass is 353 g/mol. The van der Waals surface area contributed by atoms with Gasteiger partial charge in [0.05, 0.1) is 12.1 Å². The molecule has 3 nitrogen and oxygen atoms in total. The van der Waals surface area contributed by atoms with E-state index in [1.54, 1.807) is 12.1 Å². The number of hydrogen-bond donors (Lipinski definition) is 1. The number of nitrogens with two attached hydrogens (primary N) is 1. The maximum Gasteiger partial charge on any atom is 0.180 e. The van der Waals surface area contributed by atoms with Gasteiger partial charge >= 0.3 is 0 Å². The summed E-state index contributed by atoms with van der Waals surface area (Å²) in [7, 11) is 0. The average Bonchev–Trinajstić information content (AvgIpc) is 2.99. The zero-order chi connectivity index (χ0) is 19.0. The first-order valence-electron chi connectivity index (χ1n) is 8.93. The Balaban J connectivity index is 2.42. The van der Waals surface area contributed by atoms with Crippen molar-refractivity contribution in [3.05, 3.63) is 58.9 Å². The first-order chi connectivity index (χ1) is 12.3. The Morgan fingerprint density at radius 1 is 1.04 bits per heavy atom. The number of carbonyl (C=O) groups excluding carboxylic acids is 1. The van der Waals surface area contributed by atoms with Gasteiger partial charge in [-0.25, -0.2) is 4.39 Å². The first kappa shape index (κ1) is 18.3. The summed E-state index contributed by atoms with van der Waals surface area (Å²) in [5.41, 5.74) is 9.84. The molecular formula is C22H24FNO2. The highest BCUT2D eigenvalue weighted by Gasteiger charge is 2.26. The SMILES string of the molecule is CC(C)c1ccc2oc(-c3ccc(F)cc3)c(C(=O)CN)c2c1C(C)C. The van der Waals surface area contributed by atoms with Gasteiger partial charge in [0.2, 0.25) is 0 Å². The highest BCUT2D eigenvalue weighted by molar-refractivity contribution is 6.14. The van der Waals surface area contributed by atoms with Crippen LogP contribution in [-0.4, -0.2) is 12.3 Å². The van der Waals surface area contributed by atoms with Crippen LogP contribution in [0.3, 0.4) is 0 Å². The molecule has 4 heteroatoms. The minimum atomic E-state index is -0.332. The molecule has 0 aliphatic carbocycles. The lowest BCUT2D eigenvalue weighted by molar-refractivity contribution is 0.100. The summed E-state index contributed by atoms with van der Waals surface area (Å²) in [6.45, 7) is 8.40. The van der Waals surface area contributed by atoms with Crippen LogP contribution < -0.4 is 5.73 Å². The molecule has 0 amide bonds. The minimum absolute atomic E-state index is 0.105. The minimum Gasteiger partial charge on any atom is -0.455 e. The van der Waals surface area contributed by atoms with E-state index in [-0.39, 0.29) is 24.1 Å². The number of hydrogen-bond acceptors (Lipinski definition) is 3. The third-order valence-corrected chi connectivity index (χ3v) is 4.70. The molecule has 1 heterocycles. The molecule has 0 spiro atoms. The molecular weight excluding hydrogens is 329 g/mol. The molecule has 0 unspecified atom stereocenters. The molecule has 0 bridgehead atoms. The van der Waals surface area contributed by atoms with Crippen molar-refractivity contribution in [3.63, 3.8) is 0 Å². The van der Waals surface area contributed by atoms with Crippen LogP contribution in [-0.2, 0) is 0 Å². The van der Waals surface area contributed by atoms with Gasteiger partial charge < -0.3 is 10.2 Å². The second-order valence-corrected chi connectivity index (χ2v) is 7.19. The van der Waals surface area contributed by atoms with E-state index in [0.717, 1.165) is 10.9 Å². The number of carbonyl (C=O) groups is 1. The third-order valence-electron chi connectivity index (χ3n) is 4.70. The second kappa shape index (κ2) is 7.04. The zero-order valence-electron chi connectivity index (χ0n) is 15.6. The van der Waals surface area contributed by atoms with Crippen LogP contribution in [0.25, 0.3) is 22.3 Å². The van der Waals surface area contributed by atoms with Crippen LogP contribution in [0.15, 0.2) is 40.8 Å². The molecule has 0 saturated carbocycles. The number of ketones is 1. The summed E-state index contributed by atoms with van der Waals surface area (Å²) < 4.78 is 19.4. The smallest absolute Gasteiger partial charge is 0.180 e. The lowest BCUT2D eigenvalue weighted by Gasteiger charge is -2.17. The Hall–Kier alpha value is -2.46. The number of fused-ring (bicyclic) bond motifs is 1. The van der Waals surface area contributed by atoms with Crippen LogP contribution in [0.2, 0.25) is 0 Å². The van der Waals surface area contributed by atoms with Gasteiger partial charge in [-0.3, -0.25) is 4.79 Å². The van der Waals surface area contributed by atoms with Crippen LogP contribution >= 0.6 is 0 Å². The quantitative estimate of drug-likeness (QED) is 0.605. The molecule has 1 aromatic heterocycles. The summed E-state index contributed by atoms with van der Waals surface area (Å²) in [5, 5.41) is 0.834. The van der Waals surface area contributed by atoms with E-state index in [9.17, 15) is 9.18 Å². The van der Waals surface area contributed by atoms with E-state index in [0.29, 0.717) is 28.4 Å². The van der Waals surface area contributed by atoms with Crippen LogP contribution in [0.4, 0.5) is 4.39 Å². The van der Waals surface area contributed by atoms with Gasteiger partial charge in [0.15, 0.2) is 5.78 Å². The van der Waals surface area contributed by atoms with Crippen molar-refractivity contribution in [2.75, 3.05) is 6.54 Å². The number of benzene rings is 2. The van der Waals surface area contributed by atoms with Gasteiger partial charge in [0.25, 0.3) is 0 Å². The fraction of sp³-hybridized carbons (Fsp3) is 0.318. The zero-order valence-corrected chi connectivity index (χ0v) is 15.6. The largest absolute Gasteiger partial charge is 0.455 e. The van der Waals surface area contributed by atoms with Crippen molar-refractivity contribution in [1.29, 1.82) is 0 Å². The van der Waals surface area contributed by atoms with E-state index in [4.69, 9.17) is 10.2 Å².